The van der Waals surface area contributed by atoms with Crippen LogP contribution in [-0.4, -0.2) is 46.8 Å². The van der Waals surface area contributed by atoms with Crippen molar-refractivity contribution in [3.05, 3.63) is 89.2 Å². The minimum absolute atomic E-state index is 0.00752. The topological polar surface area (TPSA) is 41.4 Å². The number of fused-ring (bicyclic) bond motifs is 1. The number of halogens is 1. The molecule has 0 saturated carbocycles. The van der Waals surface area contributed by atoms with Crippen LogP contribution in [0.2, 0.25) is 5.02 Å². The molecule has 1 aromatic heterocycles. The van der Waals surface area contributed by atoms with E-state index in [1.807, 2.05) is 42.2 Å². The van der Waals surface area contributed by atoms with Gasteiger partial charge in [0.15, 0.2) is 0 Å². The van der Waals surface area contributed by atoms with E-state index < -0.39 is 0 Å². The molecule has 5 nitrogen and oxygen atoms in total. The number of aromatic nitrogens is 2. The SMILES string of the molecule is Cc1cc(C(=O)N2CCN(c3cccc4ccccc34)CC2)n(-c2ccc(Cl)cc2)n1. The molecule has 1 aliphatic heterocycles. The predicted molar refractivity (Wildman–Crippen MR) is 125 cm³/mol. The van der Waals surface area contributed by atoms with Gasteiger partial charge in [-0.25, -0.2) is 4.68 Å². The first-order valence-electron chi connectivity index (χ1n) is 10.4. The summed E-state index contributed by atoms with van der Waals surface area (Å²) >= 11 is 6.02. The summed E-state index contributed by atoms with van der Waals surface area (Å²) < 4.78 is 1.71. The number of nitrogens with zero attached hydrogens (tertiary/aromatic N) is 4. The first kappa shape index (κ1) is 19.6. The van der Waals surface area contributed by atoms with Crippen LogP contribution in [0.25, 0.3) is 16.5 Å². The molecular weight excluding hydrogens is 408 g/mol. The molecule has 6 heteroatoms. The van der Waals surface area contributed by atoms with Crippen LogP contribution in [0, 0.1) is 6.92 Å². The maximum Gasteiger partial charge on any atom is 0.272 e. The molecule has 3 aromatic carbocycles. The van der Waals surface area contributed by atoms with Crippen molar-refractivity contribution in [1.82, 2.24) is 14.7 Å². The van der Waals surface area contributed by atoms with Crippen LogP contribution in [0.1, 0.15) is 16.2 Å². The summed E-state index contributed by atoms with van der Waals surface area (Å²) in [5.41, 5.74) is 3.45. The standard InChI is InChI=1S/C25H23ClN4O/c1-18-17-24(30(27-18)21-11-9-20(26)10-12-21)25(31)29-15-13-28(14-16-29)23-8-4-6-19-5-2-3-7-22(19)23/h2-12,17H,13-16H2,1H3. The van der Waals surface area contributed by atoms with Crippen LogP contribution in [0.3, 0.4) is 0 Å². The van der Waals surface area contributed by atoms with Crippen molar-refractivity contribution in [3.8, 4) is 5.69 Å². The third-order valence-corrected chi connectivity index (χ3v) is 6.05. The minimum Gasteiger partial charge on any atom is -0.367 e. The number of carbonyl (C=O) groups is 1. The number of anilines is 1. The molecule has 0 aliphatic carbocycles. The van der Waals surface area contributed by atoms with E-state index in [2.05, 4.69) is 52.5 Å². The molecule has 0 N–H and O–H groups in total. The van der Waals surface area contributed by atoms with Gasteiger partial charge >= 0.3 is 0 Å². The monoisotopic (exact) mass is 430 g/mol. The van der Waals surface area contributed by atoms with Gasteiger partial charge in [-0.1, -0.05) is 48.0 Å². The van der Waals surface area contributed by atoms with E-state index in [0.29, 0.717) is 23.8 Å². The molecular formula is C25H23ClN4O. The van der Waals surface area contributed by atoms with Gasteiger partial charge in [0, 0.05) is 42.3 Å². The molecule has 2 heterocycles. The normalized spacial score (nSPS) is 14.3. The van der Waals surface area contributed by atoms with Crippen LogP contribution >= 0.6 is 11.6 Å². The van der Waals surface area contributed by atoms with E-state index in [4.69, 9.17) is 11.6 Å². The molecule has 5 rings (SSSR count). The molecule has 1 amide bonds. The van der Waals surface area contributed by atoms with Gasteiger partial charge < -0.3 is 9.80 Å². The predicted octanol–water partition coefficient (Wildman–Crippen LogP) is 4.95. The Morgan fingerprint density at radius 1 is 0.903 bits per heavy atom. The van der Waals surface area contributed by atoms with Crippen LogP contribution < -0.4 is 4.90 Å². The van der Waals surface area contributed by atoms with Gasteiger partial charge in [-0.05, 0) is 48.7 Å². The van der Waals surface area contributed by atoms with E-state index in [9.17, 15) is 4.79 Å². The molecule has 4 aromatic rings. The van der Waals surface area contributed by atoms with Crippen LogP contribution in [-0.2, 0) is 0 Å². The zero-order valence-corrected chi connectivity index (χ0v) is 18.1. The van der Waals surface area contributed by atoms with Gasteiger partial charge in [0.05, 0.1) is 11.4 Å². The number of amides is 1. The Bertz CT molecular complexity index is 1230. The van der Waals surface area contributed by atoms with Crippen LogP contribution in [0.15, 0.2) is 72.8 Å². The largest absolute Gasteiger partial charge is 0.367 e. The Morgan fingerprint density at radius 3 is 2.39 bits per heavy atom. The van der Waals surface area contributed by atoms with E-state index in [0.717, 1.165) is 24.5 Å². The second-order valence-corrected chi connectivity index (χ2v) is 8.27. The fraction of sp³-hybridized carbons (Fsp3) is 0.200. The van der Waals surface area contributed by atoms with E-state index in [1.165, 1.54) is 16.5 Å². The molecule has 0 bridgehead atoms. The first-order chi connectivity index (χ1) is 15.1. The lowest BCUT2D eigenvalue weighted by molar-refractivity contribution is 0.0737. The van der Waals surface area contributed by atoms with Crippen molar-refractivity contribution >= 4 is 34.0 Å². The van der Waals surface area contributed by atoms with Crippen molar-refractivity contribution in [1.29, 1.82) is 0 Å². The van der Waals surface area contributed by atoms with Crippen LogP contribution in [0.5, 0.6) is 0 Å². The Hall–Kier alpha value is -3.31. The van der Waals surface area contributed by atoms with Crippen LogP contribution in [0.4, 0.5) is 5.69 Å². The Morgan fingerprint density at radius 2 is 1.61 bits per heavy atom. The summed E-state index contributed by atoms with van der Waals surface area (Å²) in [6.45, 7) is 4.85. The fourth-order valence-corrected chi connectivity index (χ4v) is 4.35. The first-order valence-corrected chi connectivity index (χ1v) is 10.8. The van der Waals surface area contributed by atoms with Crippen molar-refractivity contribution in [3.63, 3.8) is 0 Å². The summed E-state index contributed by atoms with van der Waals surface area (Å²) in [6, 6.07) is 24.1. The molecule has 0 radical (unpaired) electrons. The highest BCUT2D eigenvalue weighted by Gasteiger charge is 2.26. The average Bonchev–Trinajstić information content (AvgIpc) is 3.20. The third kappa shape index (κ3) is 3.77. The summed E-state index contributed by atoms with van der Waals surface area (Å²) in [4.78, 5) is 17.6. The molecule has 0 unspecified atom stereocenters. The van der Waals surface area contributed by atoms with E-state index in [-0.39, 0.29) is 5.91 Å². The van der Waals surface area contributed by atoms with Gasteiger partial charge in [-0.2, -0.15) is 5.10 Å². The Balaban J connectivity index is 1.36. The number of piperazine rings is 1. The second-order valence-electron chi connectivity index (χ2n) is 7.84. The van der Waals surface area contributed by atoms with Crippen molar-refractivity contribution in [2.75, 3.05) is 31.1 Å². The van der Waals surface area contributed by atoms with Gasteiger partial charge in [0.2, 0.25) is 0 Å². The zero-order valence-electron chi connectivity index (χ0n) is 17.3. The molecule has 1 fully saturated rings. The number of aryl methyl sites for hydroxylation is 1. The van der Waals surface area contributed by atoms with Gasteiger partial charge in [0.25, 0.3) is 5.91 Å². The highest BCUT2D eigenvalue weighted by atomic mass is 35.5. The lowest BCUT2D eigenvalue weighted by Crippen LogP contribution is -2.49. The number of benzene rings is 3. The quantitative estimate of drug-likeness (QED) is 0.461. The lowest BCUT2D eigenvalue weighted by Gasteiger charge is -2.36. The molecule has 0 spiro atoms. The number of hydrogen-bond acceptors (Lipinski definition) is 3. The Labute approximate surface area is 186 Å². The third-order valence-electron chi connectivity index (χ3n) is 5.80. The molecule has 31 heavy (non-hydrogen) atoms. The average molecular weight is 431 g/mol. The van der Waals surface area contributed by atoms with Crippen molar-refractivity contribution in [2.45, 2.75) is 6.92 Å². The summed E-state index contributed by atoms with van der Waals surface area (Å²) in [7, 11) is 0. The summed E-state index contributed by atoms with van der Waals surface area (Å²) in [5, 5.41) is 7.68. The van der Waals surface area contributed by atoms with Gasteiger partial charge in [-0.3, -0.25) is 4.79 Å². The highest BCUT2D eigenvalue weighted by Crippen LogP contribution is 2.28. The molecule has 1 aliphatic rings. The summed E-state index contributed by atoms with van der Waals surface area (Å²) in [5.74, 6) is 0.00752. The van der Waals surface area contributed by atoms with Gasteiger partial charge in [-0.15, -0.1) is 0 Å². The van der Waals surface area contributed by atoms with Gasteiger partial charge in [0.1, 0.15) is 5.69 Å². The number of carbonyl (C=O) groups excluding carboxylic acids is 1. The van der Waals surface area contributed by atoms with Crippen molar-refractivity contribution < 1.29 is 4.79 Å². The van der Waals surface area contributed by atoms with E-state index in [1.54, 1.807) is 4.68 Å². The summed E-state index contributed by atoms with van der Waals surface area (Å²) in [6.07, 6.45) is 0. The number of hydrogen-bond donors (Lipinski definition) is 0. The molecule has 1 saturated heterocycles. The minimum atomic E-state index is 0.00752. The molecule has 156 valence electrons. The lowest BCUT2D eigenvalue weighted by atomic mass is 10.1. The maximum atomic E-state index is 13.4. The van der Waals surface area contributed by atoms with E-state index >= 15 is 0 Å². The second kappa shape index (κ2) is 8.08. The number of rotatable bonds is 3. The van der Waals surface area contributed by atoms with Crippen molar-refractivity contribution in [2.24, 2.45) is 0 Å². The zero-order chi connectivity index (χ0) is 21.4. The fourth-order valence-electron chi connectivity index (χ4n) is 4.23. The smallest absolute Gasteiger partial charge is 0.272 e. The highest BCUT2D eigenvalue weighted by molar-refractivity contribution is 6.30. The Kier molecular flexibility index (Phi) is 5.12. The molecule has 0 atom stereocenters. The maximum absolute atomic E-state index is 13.4.